The lowest BCUT2D eigenvalue weighted by atomic mass is 9.90. The molecule has 13 nitrogen and oxygen atoms in total. The molecule has 318 valence electrons. The molecule has 2 aromatic rings. The van der Waals surface area contributed by atoms with Crippen LogP contribution < -0.4 is 16.4 Å². The van der Waals surface area contributed by atoms with Gasteiger partial charge in [-0.25, -0.2) is 0 Å². The van der Waals surface area contributed by atoms with Gasteiger partial charge in [0, 0.05) is 40.0 Å². The van der Waals surface area contributed by atoms with Gasteiger partial charge in [0.25, 0.3) is 0 Å². The summed E-state index contributed by atoms with van der Waals surface area (Å²) in [7, 11) is 6.73. The third kappa shape index (κ3) is 13.0. The molecule has 9 atom stereocenters. The first-order valence-electron chi connectivity index (χ1n) is 20.5. The molecule has 1 heterocycles. The van der Waals surface area contributed by atoms with Crippen LogP contribution in [-0.2, 0) is 35.1 Å². The van der Waals surface area contributed by atoms with Crippen LogP contribution in [0.3, 0.4) is 0 Å². The number of ether oxygens (including phenoxy) is 2. The van der Waals surface area contributed by atoms with E-state index >= 15 is 0 Å². The minimum Gasteiger partial charge on any atom is -0.399 e. The lowest BCUT2D eigenvalue weighted by Gasteiger charge is -2.39. The number of aliphatic hydroxyl groups is 1. The Morgan fingerprint density at radius 3 is 2.18 bits per heavy atom. The number of rotatable bonds is 22. The highest BCUT2D eigenvalue weighted by molar-refractivity contribution is 5.88. The monoisotopic (exact) mass is 795 g/mol. The average Bonchev–Trinajstić information content (AvgIpc) is 3.69. The van der Waals surface area contributed by atoms with Crippen LogP contribution in [0.1, 0.15) is 84.5 Å². The molecule has 1 aliphatic rings. The van der Waals surface area contributed by atoms with Crippen molar-refractivity contribution in [3.05, 3.63) is 65.7 Å². The minimum atomic E-state index is -0.881. The highest BCUT2D eigenvalue weighted by Gasteiger charge is 2.42. The van der Waals surface area contributed by atoms with Crippen LogP contribution in [0.5, 0.6) is 0 Å². The SMILES string of the molecule is CCC(C)C(C(CC(=O)N1CCCC1C(OC)C(C)C(=O)NC(C)C(O)c1ccccc1)OC)N(C)C(=O)CNC(=O)C(C(C)C)N(C)CCc1ccc(N)cc1. The highest BCUT2D eigenvalue weighted by atomic mass is 16.5. The molecule has 1 saturated heterocycles. The van der Waals surface area contributed by atoms with Crippen LogP contribution in [-0.4, -0.2) is 128 Å². The Morgan fingerprint density at radius 1 is 0.947 bits per heavy atom. The van der Waals surface area contributed by atoms with Crippen LogP contribution >= 0.6 is 0 Å². The smallest absolute Gasteiger partial charge is 0.242 e. The van der Waals surface area contributed by atoms with Crippen molar-refractivity contribution in [2.75, 3.05) is 53.7 Å². The molecule has 0 saturated carbocycles. The van der Waals surface area contributed by atoms with Crippen molar-refractivity contribution in [1.82, 2.24) is 25.3 Å². The molecular formula is C44H70N6O7. The summed E-state index contributed by atoms with van der Waals surface area (Å²) in [4.78, 5) is 60.3. The summed E-state index contributed by atoms with van der Waals surface area (Å²) in [5.41, 5.74) is 8.37. The first-order valence-corrected chi connectivity index (χ1v) is 20.5. The maximum absolute atomic E-state index is 14.1. The predicted octanol–water partition coefficient (Wildman–Crippen LogP) is 4.04. The van der Waals surface area contributed by atoms with Crippen molar-refractivity contribution < 1.29 is 33.8 Å². The molecular weight excluding hydrogens is 725 g/mol. The van der Waals surface area contributed by atoms with Crippen LogP contribution in [0.25, 0.3) is 0 Å². The molecule has 5 N–H and O–H groups in total. The number of aliphatic hydroxyl groups excluding tert-OH is 1. The van der Waals surface area contributed by atoms with Gasteiger partial charge >= 0.3 is 0 Å². The first-order chi connectivity index (χ1) is 27.1. The standard InChI is InChI=1S/C44H70N6O7/c1-11-29(4)40(49(8)38(52)27-46-44(55)39(28(2)3)48(7)25-23-32-19-21-34(45)22-20-32)36(56-9)26-37(51)50-24-15-18-35(50)42(57-10)30(5)43(54)47-31(6)41(53)33-16-13-12-14-17-33/h12-14,16-17,19-22,28-31,35-36,39-42,53H,11,15,18,23-27,45H2,1-10H3,(H,46,55)(H,47,54). The van der Waals surface area contributed by atoms with Gasteiger partial charge < -0.3 is 40.7 Å². The third-order valence-electron chi connectivity index (χ3n) is 11.8. The van der Waals surface area contributed by atoms with Crippen molar-refractivity contribution >= 4 is 29.3 Å². The number of likely N-dealkylation sites (tertiary alicyclic amines) is 1. The van der Waals surface area contributed by atoms with E-state index in [1.54, 1.807) is 44.9 Å². The van der Waals surface area contributed by atoms with E-state index in [2.05, 4.69) is 10.6 Å². The number of nitrogens with two attached hydrogens (primary N) is 1. The first kappa shape index (κ1) is 47.3. The Bertz CT molecular complexity index is 1560. The molecule has 1 fully saturated rings. The number of methoxy groups -OCH3 is 2. The number of likely N-dealkylation sites (N-methyl/N-ethyl adjacent to an activating group) is 2. The van der Waals surface area contributed by atoms with Crippen molar-refractivity contribution in [2.24, 2.45) is 17.8 Å². The second-order valence-corrected chi connectivity index (χ2v) is 16.2. The number of carbonyl (C=O) groups excluding carboxylic acids is 4. The summed E-state index contributed by atoms with van der Waals surface area (Å²) >= 11 is 0. The molecule has 0 aromatic heterocycles. The van der Waals surface area contributed by atoms with Crippen LogP contribution in [0.2, 0.25) is 0 Å². The van der Waals surface area contributed by atoms with Crippen molar-refractivity contribution in [2.45, 2.75) is 116 Å². The van der Waals surface area contributed by atoms with Crippen molar-refractivity contribution in [3.63, 3.8) is 0 Å². The number of hydrogen-bond acceptors (Lipinski definition) is 9. The summed E-state index contributed by atoms with van der Waals surface area (Å²) in [6, 6.07) is 15.1. The van der Waals surface area contributed by atoms with Crippen molar-refractivity contribution in [3.8, 4) is 0 Å². The quantitative estimate of drug-likeness (QED) is 0.129. The molecule has 0 aliphatic carbocycles. The van der Waals surface area contributed by atoms with Gasteiger partial charge in [-0.3, -0.25) is 24.1 Å². The van der Waals surface area contributed by atoms with E-state index in [9.17, 15) is 24.3 Å². The van der Waals surface area contributed by atoms with Crippen LogP contribution in [0.4, 0.5) is 5.69 Å². The number of carbonyl (C=O) groups is 4. The van der Waals surface area contributed by atoms with E-state index in [1.165, 1.54) is 0 Å². The Morgan fingerprint density at radius 2 is 1.60 bits per heavy atom. The van der Waals surface area contributed by atoms with Crippen LogP contribution in [0.15, 0.2) is 54.6 Å². The fourth-order valence-electron chi connectivity index (χ4n) is 8.23. The second kappa shape index (κ2) is 22.8. The molecule has 3 rings (SSSR count). The minimum absolute atomic E-state index is 0.00610. The molecule has 57 heavy (non-hydrogen) atoms. The van der Waals surface area contributed by atoms with Crippen molar-refractivity contribution in [1.29, 1.82) is 0 Å². The topological polar surface area (TPSA) is 167 Å². The molecule has 0 radical (unpaired) electrons. The zero-order valence-electron chi connectivity index (χ0n) is 35.9. The summed E-state index contributed by atoms with van der Waals surface area (Å²) in [5, 5.41) is 16.7. The Labute approximate surface area is 341 Å². The number of amides is 4. The molecule has 0 bridgehead atoms. The summed E-state index contributed by atoms with van der Waals surface area (Å²) in [6.45, 7) is 12.6. The van der Waals surface area contributed by atoms with Gasteiger partial charge in [0.1, 0.15) is 0 Å². The lowest BCUT2D eigenvalue weighted by Crippen LogP contribution is -2.55. The van der Waals surface area contributed by atoms with Gasteiger partial charge in [-0.1, -0.05) is 83.5 Å². The third-order valence-corrected chi connectivity index (χ3v) is 11.8. The summed E-state index contributed by atoms with van der Waals surface area (Å²) in [5.74, 6) is -1.53. The number of nitrogen functional groups attached to an aromatic ring is 1. The molecule has 9 unspecified atom stereocenters. The number of hydrogen-bond donors (Lipinski definition) is 4. The predicted molar refractivity (Wildman–Crippen MR) is 224 cm³/mol. The fourth-order valence-corrected chi connectivity index (χ4v) is 8.23. The van der Waals surface area contributed by atoms with Gasteiger partial charge in [-0.15, -0.1) is 0 Å². The van der Waals surface area contributed by atoms with E-state index in [0.717, 1.165) is 24.8 Å². The van der Waals surface area contributed by atoms with E-state index in [-0.39, 0.29) is 54.5 Å². The van der Waals surface area contributed by atoms with E-state index < -0.39 is 42.4 Å². The molecule has 2 aromatic carbocycles. The van der Waals surface area contributed by atoms with Gasteiger partial charge in [0.15, 0.2) is 0 Å². The molecule has 4 amide bonds. The van der Waals surface area contributed by atoms with Gasteiger partial charge in [-0.05, 0) is 68.3 Å². The Kier molecular flexibility index (Phi) is 18.9. The van der Waals surface area contributed by atoms with E-state index in [0.29, 0.717) is 30.8 Å². The number of nitrogens with one attached hydrogen (secondary N) is 2. The van der Waals surface area contributed by atoms with E-state index in [1.807, 2.05) is 94.2 Å². The highest BCUT2D eigenvalue weighted by Crippen LogP contribution is 2.30. The van der Waals surface area contributed by atoms with Crippen LogP contribution in [0, 0.1) is 17.8 Å². The zero-order chi connectivity index (χ0) is 42.4. The maximum atomic E-state index is 14.1. The summed E-state index contributed by atoms with van der Waals surface area (Å²) in [6.07, 6.45) is 0.853. The fraction of sp³-hybridized carbons (Fsp3) is 0.636. The average molecular weight is 795 g/mol. The molecule has 0 spiro atoms. The Balaban J connectivity index is 1.65. The number of anilines is 1. The van der Waals surface area contributed by atoms with Gasteiger partial charge in [-0.2, -0.15) is 0 Å². The largest absolute Gasteiger partial charge is 0.399 e. The zero-order valence-corrected chi connectivity index (χ0v) is 35.9. The molecule has 13 heteroatoms. The molecule has 1 aliphatic heterocycles. The number of benzene rings is 2. The van der Waals surface area contributed by atoms with Gasteiger partial charge in [0.2, 0.25) is 23.6 Å². The number of nitrogens with zero attached hydrogens (tertiary/aromatic N) is 3. The van der Waals surface area contributed by atoms with E-state index in [4.69, 9.17) is 15.2 Å². The maximum Gasteiger partial charge on any atom is 0.242 e. The Hall–Kier alpha value is -4.04. The van der Waals surface area contributed by atoms with Gasteiger partial charge in [0.05, 0.1) is 61.4 Å². The normalized spacial score (nSPS) is 18.6. The summed E-state index contributed by atoms with van der Waals surface area (Å²) < 4.78 is 11.9. The lowest BCUT2D eigenvalue weighted by molar-refractivity contribution is -0.146. The second-order valence-electron chi connectivity index (χ2n) is 16.2.